The Morgan fingerprint density at radius 1 is 1.09 bits per heavy atom. The molecule has 6 nitrogen and oxygen atoms in total. The number of sulfonamides is 1. The maximum atomic E-state index is 12.1. The average molecular weight is 321 g/mol. The lowest BCUT2D eigenvalue weighted by Gasteiger charge is -2.04. The number of nitrogens with zero attached hydrogens (tertiary/aromatic N) is 2. The molecule has 0 unspecified atom stereocenters. The Morgan fingerprint density at radius 3 is 2.27 bits per heavy atom. The number of nitrogens with two attached hydrogens (primary N) is 1. The lowest BCUT2D eigenvalue weighted by Crippen LogP contribution is -2.28. The van der Waals surface area contributed by atoms with E-state index in [0.717, 1.165) is 0 Å². The second-order valence-corrected chi connectivity index (χ2v) is 5.64. The van der Waals surface area contributed by atoms with Crippen molar-refractivity contribution in [3.8, 4) is 0 Å². The molecule has 0 saturated carbocycles. The predicted octanol–water partition coefficient (Wildman–Crippen LogP) is 1.29. The standard InChI is InChI=1S/C13H13N3O3S.C2H6/c14-12(17)10-16-9-5-4-8-13(16)15-20(18,19)11-6-2-1-3-7-11;1-2/h1-9H,10H2,(H2,14,17);1-2H3/b15-13-;. The van der Waals surface area contributed by atoms with Crippen molar-refractivity contribution in [2.45, 2.75) is 25.3 Å². The van der Waals surface area contributed by atoms with Crippen LogP contribution in [0.2, 0.25) is 0 Å². The summed E-state index contributed by atoms with van der Waals surface area (Å²) in [6, 6.07) is 12.7. The molecular formula is C15H19N3O3S. The minimum absolute atomic E-state index is 0.0921. The summed E-state index contributed by atoms with van der Waals surface area (Å²) < 4.78 is 29.4. The fraction of sp³-hybridized carbons (Fsp3) is 0.200. The predicted molar refractivity (Wildman–Crippen MR) is 84.2 cm³/mol. The second kappa shape index (κ2) is 8.14. The van der Waals surface area contributed by atoms with Gasteiger partial charge in [-0.3, -0.25) is 4.79 Å². The van der Waals surface area contributed by atoms with Crippen LogP contribution in [0, 0.1) is 0 Å². The fourth-order valence-electron chi connectivity index (χ4n) is 1.62. The number of hydrogen-bond acceptors (Lipinski definition) is 3. The molecule has 2 N–H and O–H groups in total. The normalized spacial score (nSPS) is 11.5. The van der Waals surface area contributed by atoms with Crippen LogP contribution in [0.15, 0.2) is 64.0 Å². The molecule has 0 aliphatic rings. The first-order chi connectivity index (χ1) is 10.5. The van der Waals surface area contributed by atoms with Crippen LogP contribution in [0.4, 0.5) is 0 Å². The minimum atomic E-state index is -3.82. The zero-order chi connectivity index (χ0) is 16.6. The van der Waals surface area contributed by atoms with Crippen molar-refractivity contribution < 1.29 is 13.2 Å². The molecule has 0 fully saturated rings. The average Bonchev–Trinajstić information content (AvgIpc) is 2.51. The Kier molecular flexibility index (Phi) is 6.52. The first-order valence-electron chi connectivity index (χ1n) is 6.79. The van der Waals surface area contributed by atoms with E-state index in [-0.39, 0.29) is 16.9 Å². The topological polar surface area (TPSA) is 94.5 Å². The molecule has 1 heterocycles. The summed E-state index contributed by atoms with van der Waals surface area (Å²) in [6.45, 7) is 3.87. The molecule has 0 radical (unpaired) electrons. The summed E-state index contributed by atoms with van der Waals surface area (Å²) in [6.07, 6.45) is 1.55. The summed E-state index contributed by atoms with van der Waals surface area (Å²) in [7, 11) is -3.82. The molecule has 0 aliphatic heterocycles. The molecular weight excluding hydrogens is 302 g/mol. The van der Waals surface area contributed by atoms with E-state index in [4.69, 9.17) is 5.73 Å². The highest BCUT2D eigenvalue weighted by molar-refractivity contribution is 7.90. The van der Waals surface area contributed by atoms with Crippen molar-refractivity contribution in [3.05, 3.63) is 60.2 Å². The van der Waals surface area contributed by atoms with Gasteiger partial charge in [-0.2, -0.15) is 8.42 Å². The number of carbonyl (C=O) groups excluding carboxylic acids is 1. The molecule has 1 amide bonds. The number of primary amides is 1. The van der Waals surface area contributed by atoms with Gasteiger partial charge in [0, 0.05) is 6.20 Å². The smallest absolute Gasteiger partial charge is 0.284 e. The van der Waals surface area contributed by atoms with E-state index in [9.17, 15) is 13.2 Å². The highest BCUT2D eigenvalue weighted by Gasteiger charge is 2.11. The molecule has 0 saturated heterocycles. The van der Waals surface area contributed by atoms with Gasteiger partial charge in [-0.05, 0) is 24.3 Å². The van der Waals surface area contributed by atoms with Gasteiger partial charge >= 0.3 is 0 Å². The number of pyridine rings is 1. The third-order valence-corrected chi connectivity index (χ3v) is 3.79. The summed E-state index contributed by atoms with van der Waals surface area (Å²) in [4.78, 5) is 11.1. The van der Waals surface area contributed by atoms with Crippen molar-refractivity contribution in [1.29, 1.82) is 0 Å². The monoisotopic (exact) mass is 321 g/mol. The highest BCUT2D eigenvalue weighted by atomic mass is 32.2. The lowest BCUT2D eigenvalue weighted by atomic mass is 10.4. The molecule has 0 aliphatic carbocycles. The van der Waals surface area contributed by atoms with Crippen LogP contribution in [0.1, 0.15) is 13.8 Å². The molecule has 118 valence electrons. The van der Waals surface area contributed by atoms with Gasteiger partial charge in [-0.1, -0.05) is 38.1 Å². The van der Waals surface area contributed by atoms with Gasteiger partial charge in [-0.25, -0.2) is 0 Å². The molecule has 0 spiro atoms. The van der Waals surface area contributed by atoms with E-state index in [1.54, 1.807) is 36.5 Å². The number of carbonyl (C=O) groups is 1. The van der Waals surface area contributed by atoms with E-state index in [1.807, 2.05) is 13.8 Å². The minimum Gasteiger partial charge on any atom is -0.368 e. The van der Waals surface area contributed by atoms with Crippen molar-refractivity contribution in [1.82, 2.24) is 4.57 Å². The number of hydrogen-bond donors (Lipinski definition) is 1. The van der Waals surface area contributed by atoms with E-state index in [0.29, 0.717) is 0 Å². The SMILES string of the molecule is CC.NC(=O)Cn1cccc/c1=N/S(=O)(=O)c1ccccc1. The zero-order valence-corrected chi connectivity index (χ0v) is 13.3. The summed E-state index contributed by atoms with van der Waals surface area (Å²) in [5.41, 5.74) is 5.27. The first-order valence-corrected chi connectivity index (χ1v) is 8.23. The molecule has 2 rings (SSSR count). The quantitative estimate of drug-likeness (QED) is 0.919. The summed E-state index contributed by atoms with van der Waals surface area (Å²) >= 11 is 0. The summed E-state index contributed by atoms with van der Waals surface area (Å²) in [5.74, 6) is -0.574. The molecule has 7 heteroatoms. The molecule has 0 bridgehead atoms. The first kappa shape index (κ1) is 17.6. The van der Waals surface area contributed by atoms with Crippen LogP contribution < -0.4 is 11.2 Å². The van der Waals surface area contributed by atoms with Gasteiger partial charge in [0.05, 0.1) is 4.90 Å². The van der Waals surface area contributed by atoms with Crippen molar-refractivity contribution in [2.24, 2.45) is 10.1 Å². The van der Waals surface area contributed by atoms with Crippen LogP contribution in [-0.2, 0) is 21.4 Å². The Morgan fingerprint density at radius 2 is 1.68 bits per heavy atom. The Bertz CT molecular complexity index is 781. The number of aromatic nitrogens is 1. The van der Waals surface area contributed by atoms with Crippen molar-refractivity contribution in [2.75, 3.05) is 0 Å². The Balaban J connectivity index is 0.00000116. The second-order valence-electron chi connectivity index (χ2n) is 4.03. The third kappa shape index (κ3) is 4.85. The van der Waals surface area contributed by atoms with E-state index >= 15 is 0 Å². The van der Waals surface area contributed by atoms with Crippen molar-refractivity contribution >= 4 is 15.9 Å². The van der Waals surface area contributed by atoms with E-state index < -0.39 is 15.9 Å². The van der Waals surface area contributed by atoms with Crippen LogP contribution in [-0.4, -0.2) is 18.9 Å². The van der Waals surface area contributed by atoms with Crippen LogP contribution >= 0.6 is 0 Å². The summed E-state index contributed by atoms with van der Waals surface area (Å²) in [5, 5.41) is 0. The van der Waals surface area contributed by atoms with Gasteiger partial charge in [0.2, 0.25) is 5.91 Å². The van der Waals surface area contributed by atoms with Crippen LogP contribution in [0.5, 0.6) is 0 Å². The van der Waals surface area contributed by atoms with Crippen molar-refractivity contribution in [3.63, 3.8) is 0 Å². The zero-order valence-electron chi connectivity index (χ0n) is 12.5. The molecule has 2 aromatic rings. The number of amides is 1. The maximum absolute atomic E-state index is 12.1. The van der Waals surface area contributed by atoms with Gasteiger partial charge < -0.3 is 10.3 Å². The number of rotatable bonds is 4. The highest BCUT2D eigenvalue weighted by Crippen LogP contribution is 2.09. The Hall–Kier alpha value is -2.41. The molecule has 1 aromatic heterocycles. The largest absolute Gasteiger partial charge is 0.368 e. The third-order valence-electron chi connectivity index (χ3n) is 2.50. The van der Waals surface area contributed by atoms with Crippen LogP contribution in [0.25, 0.3) is 0 Å². The van der Waals surface area contributed by atoms with Gasteiger partial charge in [0.1, 0.15) is 12.0 Å². The molecule has 0 atom stereocenters. The fourth-order valence-corrected chi connectivity index (χ4v) is 2.64. The van der Waals surface area contributed by atoms with E-state index in [2.05, 4.69) is 4.40 Å². The van der Waals surface area contributed by atoms with Gasteiger partial charge in [-0.15, -0.1) is 4.40 Å². The van der Waals surface area contributed by atoms with E-state index in [1.165, 1.54) is 22.8 Å². The van der Waals surface area contributed by atoms with Crippen LogP contribution in [0.3, 0.4) is 0 Å². The lowest BCUT2D eigenvalue weighted by molar-refractivity contribution is -0.118. The molecule has 22 heavy (non-hydrogen) atoms. The maximum Gasteiger partial charge on any atom is 0.284 e. The van der Waals surface area contributed by atoms with Gasteiger partial charge in [0.25, 0.3) is 10.0 Å². The number of benzene rings is 1. The molecule has 1 aromatic carbocycles. The van der Waals surface area contributed by atoms with Gasteiger partial charge in [0.15, 0.2) is 0 Å². The Labute approximate surface area is 130 Å².